The summed E-state index contributed by atoms with van der Waals surface area (Å²) in [7, 11) is -3.47. The van der Waals surface area contributed by atoms with Crippen LogP contribution in [0.3, 0.4) is 0 Å². The first-order chi connectivity index (χ1) is 13.9. The number of sulfonamides is 1. The monoisotopic (exact) mass is 410 g/mol. The maximum atomic E-state index is 12.8. The molecule has 0 aliphatic rings. The highest BCUT2D eigenvalue weighted by Crippen LogP contribution is 2.32. The fraction of sp³-hybridized carbons (Fsp3) is 0.261. The van der Waals surface area contributed by atoms with Gasteiger partial charge in [-0.2, -0.15) is 0 Å². The Morgan fingerprint density at radius 2 is 1.83 bits per heavy atom. The van der Waals surface area contributed by atoms with Gasteiger partial charge in [0.1, 0.15) is 11.5 Å². The number of hydrogen-bond donors (Lipinski definition) is 0. The van der Waals surface area contributed by atoms with Gasteiger partial charge in [-0.05, 0) is 48.2 Å². The van der Waals surface area contributed by atoms with Crippen molar-refractivity contribution in [3.05, 3.63) is 84.2 Å². The lowest BCUT2D eigenvalue weighted by atomic mass is 10.0. The summed E-state index contributed by atoms with van der Waals surface area (Å²) < 4.78 is 33.1. The van der Waals surface area contributed by atoms with Gasteiger partial charge in [-0.25, -0.2) is 8.42 Å². The van der Waals surface area contributed by atoms with Crippen LogP contribution in [0.2, 0.25) is 0 Å². The lowest BCUT2D eigenvalue weighted by Gasteiger charge is -2.24. The number of rotatable bonds is 8. The molecule has 0 atom stereocenters. The highest BCUT2D eigenvalue weighted by atomic mass is 32.2. The molecule has 0 unspecified atom stereocenters. The van der Waals surface area contributed by atoms with Gasteiger partial charge in [0.2, 0.25) is 10.0 Å². The maximum absolute atomic E-state index is 12.8. The maximum Gasteiger partial charge on any atom is 0.235 e. The number of nitrogens with zero attached hydrogens (tertiary/aromatic N) is 2. The molecule has 6 heteroatoms. The minimum atomic E-state index is -3.47. The van der Waals surface area contributed by atoms with E-state index in [-0.39, 0.29) is 12.3 Å². The predicted octanol–water partition coefficient (Wildman–Crippen LogP) is 5.35. The minimum Gasteiger partial charge on any atom is -0.457 e. The van der Waals surface area contributed by atoms with E-state index in [9.17, 15) is 8.42 Å². The van der Waals surface area contributed by atoms with E-state index >= 15 is 0 Å². The molecule has 0 saturated heterocycles. The molecule has 0 spiro atoms. The van der Waals surface area contributed by atoms with Crippen molar-refractivity contribution in [2.45, 2.75) is 33.2 Å². The average Bonchev–Trinajstić information content (AvgIpc) is 2.73. The summed E-state index contributed by atoms with van der Waals surface area (Å²) in [5.41, 5.74) is 2.49. The molecule has 0 amide bonds. The first-order valence-corrected chi connectivity index (χ1v) is 11.3. The molecule has 0 saturated carbocycles. The Balaban J connectivity index is 1.95. The van der Waals surface area contributed by atoms with E-state index in [1.165, 1.54) is 4.31 Å². The van der Waals surface area contributed by atoms with Crippen molar-refractivity contribution in [1.82, 2.24) is 4.98 Å². The first-order valence-electron chi connectivity index (χ1n) is 9.67. The number of para-hydroxylation sites is 1. The number of pyridine rings is 1. The quantitative estimate of drug-likeness (QED) is 0.502. The molecule has 1 heterocycles. The Morgan fingerprint density at radius 3 is 2.52 bits per heavy atom. The smallest absolute Gasteiger partial charge is 0.235 e. The molecule has 0 radical (unpaired) electrons. The van der Waals surface area contributed by atoms with Gasteiger partial charge in [0, 0.05) is 18.5 Å². The highest BCUT2D eigenvalue weighted by Gasteiger charge is 2.22. The third kappa shape index (κ3) is 5.15. The standard InChI is InChI=1S/C23H26N2O3S/c1-4-29(26,27)25(17-19-9-8-14-24-16-19)20-10-7-11-21(15-20)28-23-13-6-5-12-22(23)18(2)3/h5-16,18H,4,17H2,1-3H3. The molecule has 29 heavy (non-hydrogen) atoms. The topological polar surface area (TPSA) is 59.5 Å². The third-order valence-electron chi connectivity index (χ3n) is 4.62. The molecule has 0 N–H and O–H groups in total. The fourth-order valence-electron chi connectivity index (χ4n) is 3.04. The van der Waals surface area contributed by atoms with Crippen LogP contribution in [-0.4, -0.2) is 19.2 Å². The van der Waals surface area contributed by atoms with Crippen LogP contribution in [0.4, 0.5) is 5.69 Å². The molecule has 1 aromatic heterocycles. The van der Waals surface area contributed by atoms with Gasteiger partial charge >= 0.3 is 0 Å². The van der Waals surface area contributed by atoms with Crippen LogP contribution in [0, 0.1) is 0 Å². The van der Waals surface area contributed by atoms with Crippen LogP contribution in [0.15, 0.2) is 73.1 Å². The normalized spacial score (nSPS) is 11.4. The number of hydrogen-bond acceptors (Lipinski definition) is 4. The lowest BCUT2D eigenvalue weighted by Crippen LogP contribution is -2.31. The van der Waals surface area contributed by atoms with Crippen molar-refractivity contribution in [2.24, 2.45) is 0 Å². The molecular weight excluding hydrogens is 384 g/mol. The second-order valence-corrected chi connectivity index (χ2v) is 9.24. The fourth-order valence-corrected chi connectivity index (χ4v) is 4.14. The highest BCUT2D eigenvalue weighted by molar-refractivity contribution is 7.92. The van der Waals surface area contributed by atoms with Crippen molar-refractivity contribution in [3.63, 3.8) is 0 Å². The van der Waals surface area contributed by atoms with E-state index in [1.54, 1.807) is 37.5 Å². The number of benzene rings is 2. The van der Waals surface area contributed by atoms with Crippen LogP contribution in [0.5, 0.6) is 11.5 Å². The van der Waals surface area contributed by atoms with Gasteiger partial charge in [0.15, 0.2) is 0 Å². The number of anilines is 1. The number of ether oxygens (including phenoxy) is 1. The predicted molar refractivity (Wildman–Crippen MR) is 117 cm³/mol. The third-order valence-corrected chi connectivity index (χ3v) is 6.37. The zero-order valence-electron chi connectivity index (χ0n) is 16.9. The van der Waals surface area contributed by atoms with Crippen LogP contribution in [0.25, 0.3) is 0 Å². The SMILES string of the molecule is CCS(=O)(=O)N(Cc1cccnc1)c1cccc(Oc2ccccc2C(C)C)c1. The Labute approximate surface area is 173 Å². The number of aromatic nitrogens is 1. The molecule has 0 aliphatic heterocycles. The van der Waals surface area contributed by atoms with Gasteiger partial charge in [-0.3, -0.25) is 9.29 Å². The van der Waals surface area contributed by atoms with E-state index in [0.717, 1.165) is 16.9 Å². The van der Waals surface area contributed by atoms with Crippen LogP contribution in [0.1, 0.15) is 37.8 Å². The van der Waals surface area contributed by atoms with Gasteiger partial charge in [0.05, 0.1) is 18.0 Å². The largest absolute Gasteiger partial charge is 0.457 e. The van der Waals surface area contributed by atoms with Crippen LogP contribution >= 0.6 is 0 Å². The molecule has 152 valence electrons. The second kappa shape index (κ2) is 9.09. The zero-order valence-corrected chi connectivity index (χ0v) is 17.8. The van der Waals surface area contributed by atoms with Crippen molar-refractivity contribution in [3.8, 4) is 11.5 Å². The lowest BCUT2D eigenvalue weighted by molar-refractivity contribution is 0.473. The Kier molecular flexibility index (Phi) is 6.54. The Bertz CT molecular complexity index is 1050. The van der Waals surface area contributed by atoms with Gasteiger partial charge in [0.25, 0.3) is 0 Å². The minimum absolute atomic E-state index is 0.00846. The average molecular weight is 411 g/mol. The molecule has 0 bridgehead atoms. The molecule has 0 aliphatic carbocycles. The van der Waals surface area contributed by atoms with Crippen molar-refractivity contribution >= 4 is 15.7 Å². The van der Waals surface area contributed by atoms with Gasteiger partial charge < -0.3 is 4.74 Å². The summed E-state index contributed by atoms with van der Waals surface area (Å²) in [6.07, 6.45) is 3.35. The summed E-state index contributed by atoms with van der Waals surface area (Å²) >= 11 is 0. The molecule has 0 fully saturated rings. The zero-order chi connectivity index (χ0) is 20.9. The summed E-state index contributed by atoms with van der Waals surface area (Å²) in [5, 5.41) is 0. The van der Waals surface area contributed by atoms with Gasteiger partial charge in [-0.15, -0.1) is 0 Å². The Hall–Kier alpha value is -2.86. The van der Waals surface area contributed by atoms with Crippen molar-refractivity contribution in [2.75, 3.05) is 10.1 Å². The first kappa shape index (κ1) is 20.9. The summed E-state index contributed by atoms with van der Waals surface area (Å²) in [5.74, 6) is 1.70. The van der Waals surface area contributed by atoms with E-state index in [0.29, 0.717) is 17.4 Å². The van der Waals surface area contributed by atoms with Crippen molar-refractivity contribution < 1.29 is 13.2 Å². The molecule has 5 nitrogen and oxygen atoms in total. The molecule has 3 rings (SSSR count). The van der Waals surface area contributed by atoms with E-state index in [4.69, 9.17) is 4.74 Å². The molecule has 2 aromatic carbocycles. The van der Waals surface area contributed by atoms with Crippen molar-refractivity contribution in [1.29, 1.82) is 0 Å². The summed E-state index contributed by atoms with van der Waals surface area (Å²) in [6, 6.07) is 18.7. The second-order valence-electron chi connectivity index (χ2n) is 7.06. The summed E-state index contributed by atoms with van der Waals surface area (Å²) in [6.45, 7) is 6.09. The van der Waals surface area contributed by atoms with Gasteiger partial charge in [-0.1, -0.05) is 44.2 Å². The van der Waals surface area contributed by atoms with Crippen LogP contribution < -0.4 is 9.04 Å². The van der Waals surface area contributed by atoms with E-state index in [2.05, 4.69) is 18.8 Å². The Morgan fingerprint density at radius 1 is 1.03 bits per heavy atom. The summed E-state index contributed by atoms with van der Waals surface area (Å²) in [4.78, 5) is 4.09. The van der Waals surface area contributed by atoms with E-state index < -0.39 is 10.0 Å². The molecular formula is C23H26N2O3S. The molecule has 3 aromatic rings. The van der Waals surface area contributed by atoms with E-state index in [1.807, 2.05) is 42.5 Å². The van der Waals surface area contributed by atoms with Crippen LogP contribution in [-0.2, 0) is 16.6 Å².